The minimum Gasteiger partial charge on any atom is -0.481 e. The van der Waals surface area contributed by atoms with Crippen LogP contribution in [0.15, 0.2) is 36.7 Å². The van der Waals surface area contributed by atoms with E-state index in [2.05, 4.69) is 15.0 Å². The molecule has 0 spiro atoms. The van der Waals surface area contributed by atoms with Crippen LogP contribution in [0.25, 0.3) is 0 Å². The van der Waals surface area contributed by atoms with Gasteiger partial charge in [0, 0.05) is 25.5 Å². The van der Waals surface area contributed by atoms with Crippen LogP contribution in [0, 0.1) is 0 Å². The standard InChI is InChI=1S/C12H14N4O/c1-16(9-10-5-3-4-7-13-10)12-14-8-6-11(15-12)17-2/h3-8H,9H2,1-2H3. The highest BCUT2D eigenvalue weighted by Gasteiger charge is 2.06. The van der Waals surface area contributed by atoms with E-state index in [4.69, 9.17) is 4.74 Å². The van der Waals surface area contributed by atoms with E-state index in [-0.39, 0.29) is 0 Å². The van der Waals surface area contributed by atoms with Crippen molar-refractivity contribution in [3.63, 3.8) is 0 Å². The number of aromatic nitrogens is 3. The fraction of sp³-hybridized carbons (Fsp3) is 0.250. The molecule has 5 nitrogen and oxygen atoms in total. The summed E-state index contributed by atoms with van der Waals surface area (Å²) in [6.07, 6.45) is 3.45. The van der Waals surface area contributed by atoms with Crippen molar-refractivity contribution in [1.82, 2.24) is 15.0 Å². The van der Waals surface area contributed by atoms with Crippen molar-refractivity contribution in [2.75, 3.05) is 19.1 Å². The largest absolute Gasteiger partial charge is 0.481 e. The fourth-order valence-corrected chi connectivity index (χ4v) is 1.44. The van der Waals surface area contributed by atoms with Crippen molar-refractivity contribution in [2.45, 2.75) is 6.54 Å². The van der Waals surface area contributed by atoms with Crippen LogP contribution in [0.3, 0.4) is 0 Å². The Balaban J connectivity index is 2.11. The summed E-state index contributed by atoms with van der Waals surface area (Å²) in [5.74, 6) is 1.18. The van der Waals surface area contributed by atoms with Crippen molar-refractivity contribution in [2.24, 2.45) is 0 Å². The second-order valence-corrected chi connectivity index (χ2v) is 3.58. The van der Waals surface area contributed by atoms with Gasteiger partial charge in [0.05, 0.1) is 19.3 Å². The second-order valence-electron chi connectivity index (χ2n) is 3.58. The molecule has 2 aromatic heterocycles. The van der Waals surface area contributed by atoms with Crippen LogP contribution in [0.4, 0.5) is 5.95 Å². The zero-order valence-electron chi connectivity index (χ0n) is 9.87. The molecule has 88 valence electrons. The number of pyridine rings is 1. The Labute approximate surface area is 100 Å². The Bertz CT molecular complexity index is 475. The highest BCUT2D eigenvalue weighted by atomic mass is 16.5. The Kier molecular flexibility index (Phi) is 3.49. The van der Waals surface area contributed by atoms with E-state index in [0.29, 0.717) is 18.4 Å². The molecule has 0 saturated heterocycles. The van der Waals surface area contributed by atoms with Gasteiger partial charge in [-0.2, -0.15) is 4.98 Å². The average Bonchev–Trinajstić information content (AvgIpc) is 2.40. The maximum atomic E-state index is 5.06. The minimum atomic E-state index is 0.558. The van der Waals surface area contributed by atoms with Crippen LogP contribution >= 0.6 is 0 Å². The van der Waals surface area contributed by atoms with Crippen LogP contribution in [0.1, 0.15) is 5.69 Å². The third-order valence-electron chi connectivity index (χ3n) is 2.29. The van der Waals surface area contributed by atoms with Gasteiger partial charge in [-0.05, 0) is 12.1 Å². The monoisotopic (exact) mass is 230 g/mol. The van der Waals surface area contributed by atoms with E-state index < -0.39 is 0 Å². The molecule has 2 aromatic rings. The molecule has 0 bridgehead atoms. The molecule has 2 heterocycles. The predicted molar refractivity (Wildman–Crippen MR) is 64.9 cm³/mol. The number of methoxy groups -OCH3 is 1. The topological polar surface area (TPSA) is 51.1 Å². The van der Waals surface area contributed by atoms with Gasteiger partial charge in [-0.1, -0.05) is 6.07 Å². The van der Waals surface area contributed by atoms with Gasteiger partial charge in [0.25, 0.3) is 0 Å². The van der Waals surface area contributed by atoms with Gasteiger partial charge >= 0.3 is 0 Å². The molecule has 0 aliphatic heterocycles. The third kappa shape index (κ3) is 2.90. The van der Waals surface area contributed by atoms with Crippen LogP contribution in [0.2, 0.25) is 0 Å². The van der Waals surface area contributed by atoms with E-state index in [0.717, 1.165) is 5.69 Å². The first kappa shape index (κ1) is 11.3. The first-order valence-corrected chi connectivity index (χ1v) is 5.27. The van der Waals surface area contributed by atoms with Gasteiger partial charge in [0.15, 0.2) is 0 Å². The van der Waals surface area contributed by atoms with Gasteiger partial charge in [-0.3, -0.25) is 4.98 Å². The van der Waals surface area contributed by atoms with Gasteiger partial charge in [0.2, 0.25) is 11.8 Å². The first-order chi connectivity index (χ1) is 8.29. The van der Waals surface area contributed by atoms with E-state index in [9.17, 15) is 0 Å². The second kappa shape index (κ2) is 5.25. The Morgan fingerprint density at radius 2 is 2.06 bits per heavy atom. The summed E-state index contributed by atoms with van der Waals surface area (Å²) in [6.45, 7) is 0.661. The van der Waals surface area contributed by atoms with Crippen LogP contribution < -0.4 is 9.64 Å². The molecule has 0 amide bonds. The lowest BCUT2D eigenvalue weighted by molar-refractivity contribution is 0.397. The molecule has 5 heteroatoms. The first-order valence-electron chi connectivity index (χ1n) is 5.27. The summed E-state index contributed by atoms with van der Waals surface area (Å²) in [5, 5.41) is 0. The van der Waals surface area contributed by atoms with E-state index in [1.807, 2.05) is 30.1 Å². The maximum Gasteiger partial charge on any atom is 0.228 e. The molecule has 0 radical (unpaired) electrons. The summed E-state index contributed by atoms with van der Waals surface area (Å²) in [6, 6.07) is 7.54. The highest BCUT2D eigenvalue weighted by Crippen LogP contribution is 2.12. The molecule has 0 N–H and O–H groups in total. The van der Waals surface area contributed by atoms with Crippen LogP contribution in [-0.2, 0) is 6.54 Å². The molecular weight excluding hydrogens is 216 g/mol. The summed E-state index contributed by atoms with van der Waals surface area (Å²) in [5.41, 5.74) is 0.974. The Morgan fingerprint density at radius 3 is 2.76 bits per heavy atom. The normalized spacial score (nSPS) is 10.0. The molecule has 2 rings (SSSR count). The van der Waals surface area contributed by atoms with Crippen molar-refractivity contribution < 1.29 is 4.74 Å². The number of hydrogen-bond acceptors (Lipinski definition) is 5. The lowest BCUT2D eigenvalue weighted by Gasteiger charge is -2.16. The Hall–Kier alpha value is -2.17. The lowest BCUT2D eigenvalue weighted by atomic mass is 10.3. The molecular formula is C12H14N4O. The highest BCUT2D eigenvalue weighted by molar-refractivity contribution is 5.31. The molecule has 0 aliphatic rings. The predicted octanol–water partition coefficient (Wildman–Crippen LogP) is 1.52. The Morgan fingerprint density at radius 1 is 1.18 bits per heavy atom. The van der Waals surface area contributed by atoms with Gasteiger partial charge in [0.1, 0.15) is 0 Å². The molecule has 0 saturated carbocycles. The molecule has 0 aliphatic carbocycles. The summed E-state index contributed by atoms with van der Waals surface area (Å²) >= 11 is 0. The van der Waals surface area contributed by atoms with Crippen molar-refractivity contribution in [3.05, 3.63) is 42.4 Å². The quantitative estimate of drug-likeness (QED) is 0.797. The van der Waals surface area contributed by atoms with Gasteiger partial charge in [-0.15, -0.1) is 0 Å². The van der Waals surface area contributed by atoms with Gasteiger partial charge in [-0.25, -0.2) is 4.98 Å². The zero-order valence-corrected chi connectivity index (χ0v) is 9.87. The van der Waals surface area contributed by atoms with Crippen LogP contribution in [0.5, 0.6) is 5.88 Å². The van der Waals surface area contributed by atoms with Crippen molar-refractivity contribution in [3.8, 4) is 5.88 Å². The fourth-order valence-electron chi connectivity index (χ4n) is 1.44. The minimum absolute atomic E-state index is 0.558. The lowest BCUT2D eigenvalue weighted by Crippen LogP contribution is -2.19. The molecule has 17 heavy (non-hydrogen) atoms. The maximum absolute atomic E-state index is 5.06. The van der Waals surface area contributed by atoms with Crippen molar-refractivity contribution in [1.29, 1.82) is 0 Å². The smallest absolute Gasteiger partial charge is 0.228 e. The number of ether oxygens (including phenoxy) is 1. The van der Waals surface area contributed by atoms with Crippen LogP contribution in [-0.4, -0.2) is 29.1 Å². The SMILES string of the molecule is COc1ccnc(N(C)Cc2ccccn2)n1. The summed E-state index contributed by atoms with van der Waals surface area (Å²) in [4.78, 5) is 14.6. The summed E-state index contributed by atoms with van der Waals surface area (Å²) < 4.78 is 5.06. The molecule has 0 aromatic carbocycles. The van der Waals surface area contributed by atoms with E-state index in [1.54, 1.807) is 25.6 Å². The number of anilines is 1. The zero-order chi connectivity index (χ0) is 12.1. The average molecular weight is 230 g/mol. The number of nitrogens with zero attached hydrogens (tertiary/aromatic N) is 4. The van der Waals surface area contributed by atoms with Crippen molar-refractivity contribution >= 4 is 5.95 Å². The molecule has 0 fully saturated rings. The van der Waals surface area contributed by atoms with E-state index in [1.165, 1.54) is 0 Å². The molecule has 0 unspecified atom stereocenters. The number of hydrogen-bond donors (Lipinski definition) is 0. The molecule has 0 atom stereocenters. The summed E-state index contributed by atoms with van der Waals surface area (Å²) in [7, 11) is 3.51. The van der Waals surface area contributed by atoms with E-state index >= 15 is 0 Å². The third-order valence-corrected chi connectivity index (χ3v) is 2.29. The number of rotatable bonds is 4. The van der Waals surface area contributed by atoms with Gasteiger partial charge < -0.3 is 9.64 Å².